The van der Waals surface area contributed by atoms with Crippen LogP contribution in [0.4, 0.5) is 5.69 Å². The monoisotopic (exact) mass is 447 g/mol. The first kappa shape index (κ1) is 21.5. The molecule has 4 heterocycles. The first-order chi connectivity index (χ1) is 15.5. The van der Waals surface area contributed by atoms with Gasteiger partial charge < -0.3 is 20.3 Å². The van der Waals surface area contributed by atoms with E-state index in [1.165, 1.54) is 4.90 Å². The van der Waals surface area contributed by atoms with Crippen molar-refractivity contribution in [2.45, 2.75) is 57.6 Å². The number of hydrogen-bond donors (Lipinski definition) is 2. The van der Waals surface area contributed by atoms with E-state index < -0.39 is 22.5 Å². The Labute approximate surface area is 193 Å². The molecule has 0 aromatic heterocycles. The molecule has 4 aliphatic rings. The van der Waals surface area contributed by atoms with Gasteiger partial charge in [-0.05, 0) is 50.5 Å². The molecule has 172 valence electrons. The molecule has 1 aromatic rings. The predicted molar refractivity (Wildman–Crippen MR) is 125 cm³/mol. The van der Waals surface area contributed by atoms with Crippen LogP contribution in [0.1, 0.15) is 51.7 Å². The average Bonchev–Trinajstić information content (AvgIpc) is 3.35. The van der Waals surface area contributed by atoms with Crippen LogP contribution in [0.15, 0.2) is 42.6 Å². The highest BCUT2D eigenvalue weighted by molar-refractivity contribution is 6.11. The van der Waals surface area contributed by atoms with Crippen LogP contribution in [0.2, 0.25) is 0 Å². The van der Waals surface area contributed by atoms with E-state index in [2.05, 4.69) is 17.2 Å². The minimum atomic E-state index is -1.10. The molecule has 2 N–H and O–H groups in total. The second kappa shape index (κ2) is 6.83. The topological polar surface area (TPSA) is 87.7 Å². The van der Waals surface area contributed by atoms with Crippen LogP contribution in [0.5, 0.6) is 5.75 Å². The van der Waals surface area contributed by atoms with Gasteiger partial charge in [-0.3, -0.25) is 14.4 Å². The van der Waals surface area contributed by atoms with E-state index in [0.717, 1.165) is 11.1 Å². The normalized spacial score (nSPS) is 27.2. The molecule has 1 aromatic carbocycles. The van der Waals surface area contributed by atoms with Crippen molar-refractivity contribution in [2.24, 2.45) is 5.41 Å². The van der Waals surface area contributed by atoms with Crippen molar-refractivity contribution in [1.29, 1.82) is 0 Å². The van der Waals surface area contributed by atoms with Crippen LogP contribution < -0.4 is 15.4 Å². The summed E-state index contributed by atoms with van der Waals surface area (Å²) in [7, 11) is 0. The number of amides is 3. The molecule has 7 heteroatoms. The molecule has 1 saturated heterocycles. The van der Waals surface area contributed by atoms with Gasteiger partial charge in [0.1, 0.15) is 23.1 Å². The number of carbonyl (C=O) groups excluding carboxylic acids is 3. The largest absolute Gasteiger partial charge is 0.483 e. The van der Waals surface area contributed by atoms with Gasteiger partial charge in [0.05, 0.1) is 11.1 Å². The maximum Gasteiger partial charge on any atom is 0.268 e. The van der Waals surface area contributed by atoms with E-state index in [9.17, 15) is 14.4 Å². The summed E-state index contributed by atoms with van der Waals surface area (Å²) in [5.74, 6) is 0.0366. The van der Waals surface area contributed by atoms with Gasteiger partial charge in [-0.2, -0.15) is 0 Å². The molecule has 3 amide bonds. The lowest BCUT2D eigenvalue weighted by Gasteiger charge is -2.44. The number of piperazine rings is 1. The molecule has 0 spiro atoms. The van der Waals surface area contributed by atoms with Gasteiger partial charge in [-0.25, -0.2) is 0 Å². The maximum absolute atomic E-state index is 13.8. The van der Waals surface area contributed by atoms with Crippen molar-refractivity contribution >= 4 is 29.5 Å². The van der Waals surface area contributed by atoms with Gasteiger partial charge in [0.15, 0.2) is 0 Å². The number of benzene rings is 1. The number of fused-ring (bicyclic) bond motifs is 4. The van der Waals surface area contributed by atoms with Crippen LogP contribution in [0.25, 0.3) is 6.08 Å². The standard InChI is InChI=1S/C26H29N3O4/c1-6-24(2,3)26(14-17-22(31)29-13-7-8-18(29)21(30)27-17)16-9-10-19-15(20(16)28-23(26)32)11-12-25(4,5)33-19/h6,8-12,17H,1,7,13-14H2,2-5H3,(H,27,30)(H,28,32)/t17-,26-/m1/s1. The molecule has 33 heavy (non-hydrogen) atoms. The van der Waals surface area contributed by atoms with E-state index in [0.29, 0.717) is 30.1 Å². The molecule has 4 aliphatic heterocycles. The fourth-order valence-corrected chi connectivity index (χ4v) is 5.50. The maximum atomic E-state index is 13.8. The van der Waals surface area contributed by atoms with Crippen molar-refractivity contribution in [3.8, 4) is 5.75 Å². The zero-order chi connectivity index (χ0) is 23.8. The first-order valence-corrected chi connectivity index (χ1v) is 11.3. The number of allylic oxidation sites excluding steroid dienone is 1. The van der Waals surface area contributed by atoms with Crippen LogP contribution in [-0.4, -0.2) is 40.8 Å². The van der Waals surface area contributed by atoms with Crippen LogP contribution in [0, 0.1) is 5.41 Å². The van der Waals surface area contributed by atoms with Gasteiger partial charge >= 0.3 is 0 Å². The summed E-state index contributed by atoms with van der Waals surface area (Å²) < 4.78 is 6.11. The Kier molecular flexibility index (Phi) is 4.45. The lowest BCUT2D eigenvalue weighted by molar-refractivity contribution is -0.141. The van der Waals surface area contributed by atoms with Gasteiger partial charge in [-0.1, -0.05) is 32.1 Å². The number of carbonyl (C=O) groups is 3. The molecule has 5 rings (SSSR count). The molecular formula is C26H29N3O4. The Morgan fingerprint density at radius 2 is 2.03 bits per heavy atom. The summed E-state index contributed by atoms with van der Waals surface area (Å²) in [5.41, 5.74) is 0.440. The highest BCUT2D eigenvalue weighted by Crippen LogP contribution is 2.55. The van der Waals surface area contributed by atoms with Crippen molar-refractivity contribution < 1.29 is 19.1 Å². The molecule has 0 unspecified atom stereocenters. The van der Waals surface area contributed by atoms with Crippen molar-refractivity contribution in [3.05, 3.63) is 53.8 Å². The number of rotatable bonds is 4. The second-order valence-corrected chi connectivity index (χ2v) is 10.3. The van der Waals surface area contributed by atoms with Gasteiger partial charge in [0.2, 0.25) is 11.8 Å². The van der Waals surface area contributed by atoms with E-state index in [1.54, 1.807) is 12.2 Å². The number of anilines is 1. The second-order valence-electron chi connectivity index (χ2n) is 10.3. The fraction of sp³-hybridized carbons (Fsp3) is 0.423. The van der Waals surface area contributed by atoms with Crippen LogP contribution >= 0.6 is 0 Å². The lowest BCUT2D eigenvalue weighted by atomic mass is 9.59. The fourth-order valence-electron chi connectivity index (χ4n) is 5.50. The van der Waals surface area contributed by atoms with Crippen LogP contribution in [0.3, 0.4) is 0 Å². The summed E-state index contributed by atoms with van der Waals surface area (Å²) in [4.78, 5) is 41.3. The van der Waals surface area contributed by atoms with E-state index in [-0.39, 0.29) is 24.1 Å². The number of hydrogen-bond acceptors (Lipinski definition) is 4. The zero-order valence-corrected chi connectivity index (χ0v) is 19.5. The quantitative estimate of drug-likeness (QED) is 0.694. The summed E-state index contributed by atoms with van der Waals surface area (Å²) in [6.45, 7) is 12.3. The first-order valence-electron chi connectivity index (χ1n) is 11.3. The van der Waals surface area contributed by atoms with Crippen LogP contribution in [-0.2, 0) is 19.8 Å². The Bertz CT molecular complexity index is 1180. The zero-order valence-electron chi connectivity index (χ0n) is 19.5. The van der Waals surface area contributed by atoms with Gasteiger partial charge in [-0.15, -0.1) is 6.58 Å². The lowest BCUT2D eigenvalue weighted by Crippen LogP contribution is -2.60. The minimum Gasteiger partial charge on any atom is -0.483 e. The molecule has 0 bridgehead atoms. The van der Waals surface area contributed by atoms with Crippen molar-refractivity contribution in [1.82, 2.24) is 10.2 Å². The Morgan fingerprint density at radius 1 is 1.27 bits per heavy atom. The van der Waals surface area contributed by atoms with E-state index in [4.69, 9.17) is 4.74 Å². The van der Waals surface area contributed by atoms with E-state index in [1.807, 2.05) is 52.0 Å². The Morgan fingerprint density at radius 3 is 2.76 bits per heavy atom. The molecule has 1 fully saturated rings. The molecule has 2 atom stereocenters. The highest BCUT2D eigenvalue weighted by atomic mass is 16.5. The molecule has 0 radical (unpaired) electrons. The highest BCUT2D eigenvalue weighted by Gasteiger charge is 2.58. The Hall–Kier alpha value is -3.35. The molecular weight excluding hydrogens is 418 g/mol. The van der Waals surface area contributed by atoms with Crippen molar-refractivity contribution in [2.75, 3.05) is 11.9 Å². The van der Waals surface area contributed by atoms with E-state index >= 15 is 0 Å². The van der Waals surface area contributed by atoms with Gasteiger partial charge in [0, 0.05) is 17.5 Å². The number of nitrogens with one attached hydrogen (secondary N) is 2. The third-order valence-electron chi connectivity index (χ3n) is 7.52. The third kappa shape index (κ3) is 2.91. The summed E-state index contributed by atoms with van der Waals surface area (Å²) in [6.07, 6.45) is 8.27. The molecule has 0 aliphatic carbocycles. The predicted octanol–water partition coefficient (Wildman–Crippen LogP) is 3.28. The minimum absolute atomic E-state index is 0.133. The molecule has 7 nitrogen and oxygen atoms in total. The SMILES string of the molecule is C=CC(C)(C)[C@@]1(C[C@H]2NC(=O)C3=CCCN3C2=O)C(=O)Nc2c1ccc1c2C=CC(C)(C)O1. The summed E-state index contributed by atoms with van der Waals surface area (Å²) in [6, 6.07) is 2.98. The average molecular weight is 448 g/mol. The smallest absolute Gasteiger partial charge is 0.268 e. The van der Waals surface area contributed by atoms with Crippen molar-refractivity contribution in [3.63, 3.8) is 0 Å². The number of nitrogens with zero attached hydrogens (tertiary/aromatic N) is 1. The summed E-state index contributed by atoms with van der Waals surface area (Å²) in [5, 5.41) is 5.94. The van der Waals surface area contributed by atoms with Gasteiger partial charge in [0.25, 0.3) is 5.91 Å². The molecule has 0 saturated carbocycles. The third-order valence-corrected chi connectivity index (χ3v) is 7.52. The number of ether oxygens (including phenoxy) is 1. The summed E-state index contributed by atoms with van der Waals surface area (Å²) >= 11 is 0. The Balaban J connectivity index is 1.63.